The Balaban J connectivity index is 1.57. The second-order valence-corrected chi connectivity index (χ2v) is 5.84. The monoisotopic (exact) mass is 346 g/mol. The number of aliphatic hydroxyl groups is 1. The van der Waals surface area contributed by atoms with Gasteiger partial charge in [0, 0.05) is 19.5 Å². The van der Waals surface area contributed by atoms with Crippen LogP contribution in [0.25, 0.3) is 0 Å². The van der Waals surface area contributed by atoms with E-state index in [0.29, 0.717) is 24.7 Å². The van der Waals surface area contributed by atoms with Crippen molar-refractivity contribution in [2.24, 2.45) is 0 Å². The maximum Gasteiger partial charge on any atom is 0.419 e. The van der Waals surface area contributed by atoms with Gasteiger partial charge in [0.25, 0.3) is 0 Å². The Labute approximate surface area is 136 Å². The van der Waals surface area contributed by atoms with Gasteiger partial charge in [0.1, 0.15) is 13.2 Å². The van der Waals surface area contributed by atoms with Crippen LogP contribution in [0.1, 0.15) is 12.0 Å². The number of amides is 2. The van der Waals surface area contributed by atoms with Gasteiger partial charge in [-0.05, 0) is 17.7 Å². The summed E-state index contributed by atoms with van der Waals surface area (Å²) in [4.78, 5) is 13.0. The lowest BCUT2D eigenvalue weighted by Gasteiger charge is -2.26. The number of alkyl halides is 3. The SMILES string of the molecule is O=C(NCc1ccc2c(c1)OCCO2)N1CCC(O)(C(F)(F)F)C1. The third kappa shape index (κ3) is 3.21. The van der Waals surface area contributed by atoms with E-state index >= 15 is 0 Å². The normalized spacial score (nSPS) is 23.2. The van der Waals surface area contributed by atoms with E-state index in [4.69, 9.17) is 9.47 Å². The summed E-state index contributed by atoms with van der Waals surface area (Å²) in [5, 5.41) is 12.1. The van der Waals surface area contributed by atoms with Crippen molar-refractivity contribution in [1.82, 2.24) is 10.2 Å². The van der Waals surface area contributed by atoms with Gasteiger partial charge in [-0.25, -0.2) is 4.79 Å². The predicted octanol–water partition coefficient (Wildman–Crippen LogP) is 1.67. The van der Waals surface area contributed by atoms with E-state index in [1.807, 2.05) is 0 Å². The summed E-state index contributed by atoms with van der Waals surface area (Å²) in [6.45, 7) is 0.135. The minimum Gasteiger partial charge on any atom is -0.486 e. The van der Waals surface area contributed by atoms with Crippen molar-refractivity contribution in [2.45, 2.75) is 24.7 Å². The zero-order chi connectivity index (χ0) is 17.4. The fourth-order valence-corrected chi connectivity index (χ4v) is 2.69. The highest BCUT2D eigenvalue weighted by Crippen LogP contribution is 2.37. The van der Waals surface area contributed by atoms with Crippen LogP contribution in [0.2, 0.25) is 0 Å². The van der Waals surface area contributed by atoms with Crippen LogP contribution in [0.5, 0.6) is 11.5 Å². The molecule has 1 atom stereocenters. The summed E-state index contributed by atoms with van der Waals surface area (Å²) in [6.07, 6.45) is -5.27. The number of hydrogen-bond donors (Lipinski definition) is 2. The second-order valence-electron chi connectivity index (χ2n) is 5.84. The van der Waals surface area contributed by atoms with E-state index in [1.54, 1.807) is 18.2 Å². The first-order valence-corrected chi connectivity index (χ1v) is 7.49. The predicted molar refractivity (Wildman–Crippen MR) is 76.9 cm³/mol. The molecule has 1 fully saturated rings. The quantitative estimate of drug-likeness (QED) is 0.855. The lowest BCUT2D eigenvalue weighted by molar-refractivity contribution is -0.253. The van der Waals surface area contributed by atoms with E-state index in [2.05, 4.69) is 5.32 Å². The van der Waals surface area contributed by atoms with E-state index in [0.717, 1.165) is 10.5 Å². The molecule has 0 aliphatic carbocycles. The molecule has 2 aliphatic heterocycles. The first kappa shape index (κ1) is 16.7. The maximum atomic E-state index is 12.8. The number of ether oxygens (including phenoxy) is 2. The third-order valence-electron chi connectivity index (χ3n) is 4.11. The van der Waals surface area contributed by atoms with Crippen LogP contribution < -0.4 is 14.8 Å². The van der Waals surface area contributed by atoms with Crippen molar-refractivity contribution in [1.29, 1.82) is 0 Å². The Kier molecular flexibility index (Phi) is 4.20. The number of hydrogen-bond acceptors (Lipinski definition) is 4. The van der Waals surface area contributed by atoms with Crippen LogP contribution in [0.4, 0.5) is 18.0 Å². The van der Waals surface area contributed by atoms with Crippen LogP contribution >= 0.6 is 0 Å². The minimum atomic E-state index is -4.75. The molecule has 132 valence electrons. The van der Waals surface area contributed by atoms with Gasteiger partial charge in [0.05, 0.1) is 6.54 Å². The molecule has 0 aromatic heterocycles. The number of carbonyl (C=O) groups is 1. The molecule has 0 spiro atoms. The van der Waals surface area contributed by atoms with Gasteiger partial charge in [-0.2, -0.15) is 13.2 Å². The smallest absolute Gasteiger partial charge is 0.419 e. The first-order valence-electron chi connectivity index (χ1n) is 7.49. The van der Waals surface area contributed by atoms with Gasteiger partial charge in [-0.3, -0.25) is 0 Å². The van der Waals surface area contributed by atoms with Gasteiger partial charge >= 0.3 is 12.2 Å². The number of likely N-dealkylation sites (tertiary alicyclic amines) is 1. The highest BCUT2D eigenvalue weighted by molar-refractivity contribution is 5.74. The minimum absolute atomic E-state index is 0.135. The van der Waals surface area contributed by atoms with E-state index in [9.17, 15) is 23.1 Å². The van der Waals surface area contributed by atoms with E-state index in [-0.39, 0.29) is 13.1 Å². The highest BCUT2D eigenvalue weighted by atomic mass is 19.4. The van der Waals surface area contributed by atoms with E-state index < -0.39 is 30.8 Å². The summed E-state index contributed by atoms with van der Waals surface area (Å²) in [5.41, 5.74) is -2.10. The third-order valence-corrected chi connectivity index (χ3v) is 4.11. The zero-order valence-corrected chi connectivity index (χ0v) is 12.7. The number of β-amino-alcohol motifs (C(OH)–C–C–N with tert-alkyl or cyclic N) is 1. The fraction of sp³-hybridized carbons (Fsp3) is 0.533. The number of carbonyl (C=O) groups excluding carboxylic acids is 1. The number of halogens is 3. The lowest BCUT2D eigenvalue weighted by atomic mass is 10.0. The average molecular weight is 346 g/mol. The molecule has 2 heterocycles. The molecule has 1 aromatic carbocycles. The Morgan fingerprint density at radius 3 is 2.67 bits per heavy atom. The van der Waals surface area contributed by atoms with Gasteiger partial charge in [-0.1, -0.05) is 6.07 Å². The standard InChI is InChI=1S/C15H17F3N2O4/c16-15(17,18)14(22)3-4-20(9-14)13(21)19-8-10-1-2-11-12(7-10)24-6-5-23-11/h1-2,7,22H,3-6,8-9H2,(H,19,21). The molecule has 1 saturated heterocycles. The highest BCUT2D eigenvalue weighted by Gasteiger charge is 2.57. The molecular formula is C15H17F3N2O4. The molecule has 3 rings (SSSR count). The molecular weight excluding hydrogens is 329 g/mol. The maximum absolute atomic E-state index is 12.8. The molecule has 0 radical (unpaired) electrons. The zero-order valence-electron chi connectivity index (χ0n) is 12.7. The molecule has 6 nitrogen and oxygen atoms in total. The Hall–Kier alpha value is -2.16. The molecule has 2 aliphatic rings. The summed E-state index contributed by atoms with van der Waals surface area (Å²) in [6, 6.07) is 4.52. The summed E-state index contributed by atoms with van der Waals surface area (Å²) >= 11 is 0. The Morgan fingerprint density at radius 1 is 1.29 bits per heavy atom. The van der Waals surface area contributed by atoms with Crippen molar-refractivity contribution >= 4 is 6.03 Å². The molecule has 2 amide bonds. The number of urea groups is 1. The average Bonchev–Trinajstić information content (AvgIpc) is 2.96. The van der Waals surface area contributed by atoms with Crippen LogP contribution in [-0.4, -0.2) is 54.1 Å². The Morgan fingerprint density at radius 2 is 2.00 bits per heavy atom. The van der Waals surface area contributed by atoms with Crippen molar-refractivity contribution in [2.75, 3.05) is 26.3 Å². The van der Waals surface area contributed by atoms with Gasteiger partial charge in [0.15, 0.2) is 17.1 Å². The van der Waals surface area contributed by atoms with Crippen molar-refractivity contribution < 1.29 is 32.5 Å². The largest absolute Gasteiger partial charge is 0.486 e. The van der Waals surface area contributed by atoms with Gasteiger partial charge < -0.3 is 24.8 Å². The van der Waals surface area contributed by atoms with E-state index in [1.165, 1.54) is 0 Å². The molecule has 9 heteroatoms. The number of rotatable bonds is 2. The first-order chi connectivity index (χ1) is 11.3. The number of fused-ring (bicyclic) bond motifs is 1. The second kappa shape index (κ2) is 6.04. The summed E-state index contributed by atoms with van der Waals surface area (Å²) in [5.74, 6) is 1.19. The summed E-state index contributed by atoms with van der Waals surface area (Å²) < 4.78 is 49.1. The molecule has 1 unspecified atom stereocenters. The molecule has 1 aromatic rings. The lowest BCUT2D eigenvalue weighted by Crippen LogP contribution is -2.49. The number of nitrogens with one attached hydrogen (secondary N) is 1. The molecule has 0 bridgehead atoms. The molecule has 2 N–H and O–H groups in total. The van der Waals surface area contributed by atoms with Crippen molar-refractivity contribution in [3.63, 3.8) is 0 Å². The number of benzene rings is 1. The van der Waals surface area contributed by atoms with Crippen LogP contribution in [0.3, 0.4) is 0 Å². The Bertz CT molecular complexity index is 638. The fourth-order valence-electron chi connectivity index (χ4n) is 2.69. The topological polar surface area (TPSA) is 71.0 Å². The van der Waals surface area contributed by atoms with Crippen molar-refractivity contribution in [3.8, 4) is 11.5 Å². The van der Waals surface area contributed by atoms with Gasteiger partial charge in [0.2, 0.25) is 0 Å². The summed E-state index contributed by atoms with van der Waals surface area (Å²) in [7, 11) is 0. The van der Waals surface area contributed by atoms with Crippen molar-refractivity contribution in [3.05, 3.63) is 23.8 Å². The van der Waals surface area contributed by atoms with Crippen LogP contribution in [-0.2, 0) is 6.54 Å². The molecule has 0 saturated carbocycles. The van der Waals surface area contributed by atoms with Crippen LogP contribution in [0.15, 0.2) is 18.2 Å². The van der Waals surface area contributed by atoms with Crippen LogP contribution in [0, 0.1) is 0 Å². The van der Waals surface area contributed by atoms with Gasteiger partial charge in [-0.15, -0.1) is 0 Å². The molecule has 24 heavy (non-hydrogen) atoms. The number of nitrogens with zero attached hydrogens (tertiary/aromatic N) is 1.